The summed E-state index contributed by atoms with van der Waals surface area (Å²) in [7, 11) is 0. The fourth-order valence-electron chi connectivity index (χ4n) is 2.43. The van der Waals surface area contributed by atoms with Crippen molar-refractivity contribution >= 4 is 0 Å². The minimum atomic E-state index is -4.08. The maximum Gasteiger partial charge on any atom is 0.401 e. The van der Waals surface area contributed by atoms with Crippen LogP contribution in [0.3, 0.4) is 0 Å². The molecule has 114 valence electrons. The normalized spacial score (nSPS) is 21.0. The standard InChI is InChI=1S/C13H26F3N3/c1-4-17-12(11(2)3)9-18-5-7-19(8-6-18)10-13(14,15)16/h11-12,17H,4-10H2,1-3H3. The predicted octanol–water partition coefficient (Wildman–Crippen LogP) is 1.80. The van der Waals surface area contributed by atoms with Gasteiger partial charge in [-0.2, -0.15) is 13.2 Å². The Morgan fingerprint density at radius 2 is 1.58 bits per heavy atom. The van der Waals surface area contributed by atoms with Crippen LogP contribution in [0.5, 0.6) is 0 Å². The van der Waals surface area contributed by atoms with Crippen molar-refractivity contribution < 1.29 is 13.2 Å². The molecule has 0 radical (unpaired) electrons. The second kappa shape index (κ2) is 7.45. The zero-order chi connectivity index (χ0) is 14.5. The van der Waals surface area contributed by atoms with Gasteiger partial charge in [0, 0.05) is 38.8 Å². The second-order valence-electron chi connectivity index (χ2n) is 5.60. The third-order valence-electron chi connectivity index (χ3n) is 3.59. The fraction of sp³-hybridized carbons (Fsp3) is 1.00. The van der Waals surface area contributed by atoms with E-state index in [1.165, 1.54) is 4.90 Å². The van der Waals surface area contributed by atoms with Crippen molar-refractivity contribution in [3.63, 3.8) is 0 Å². The minimum absolute atomic E-state index is 0.416. The molecule has 1 N–H and O–H groups in total. The van der Waals surface area contributed by atoms with E-state index < -0.39 is 12.7 Å². The number of hydrogen-bond acceptors (Lipinski definition) is 3. The molecule has 0 bridgehead atoms. The molecule has 3 nitrogen and oxygen atoms in total. The molecule has 0 saturated carbocycles. The van der Waals surface area contributed by atoms with Crippen LogP contribution < -0.4 is 5.32 Å². The molecule has 0 amide bonds. The van der Waals surface area contributed by atoms with Crippen molar-refractivity contribution in [2.45, 2.75) is 33.0 Å². The summed E-state index contributed by atoms with van der Waals surface area (Å²) >= 11 is 0. The van der Waals surface area contributed by atoms with Crippen molar-refractivity contribution in [1.82, 2.24) is 15.1 Å². The third kappa shape index (κ3) is 6.58. The summed E-state index contributed by atoms with van der Waals surface area (Å²) in [5.74, 6) is 0.535. The molecule has 1 aliphatic rings. The molecule has 0 aromatic heterocycles. The first-order valence-corrected chi connectivity index (χ1v) is 7.06. The molecule has 1 atom stereocenters. The maximum atomic E-state index is 12.3. The lowest BCUT2D eigenvalue weighted by atomic mass is 10.0. The van der Waals surface area contributed by atoms with E-state index in [-0.39, 0.29) is 0 Å². The average molecular weight is 281 g/mol. The molecular weight excluding hydrogens is 255 g/mol. The highest BCUT2D eigenvalue weighted by Gasteiger charge is 2.32. The molecule has 1 rings (SSSR count). The Morgan fingerprint density at radius 3 is 2.00 bits per heavy atom. The van der Waals surface area contributed by atoms with Crippen LogP contribution in [0.1, 0.15) is 20.8 Å². The number of alkyl halides is 3. The number of hydrogen-bond donors (Lipinski definition) is 1. The molecule has 0 aromatic rings. The summed E-state index contributed by atoms with van der Waals surface area (Å²) in [4.78, 5) is 3.76. The summed E-state index contributed by atoms with van der Waals surface area (Å²) in [5, 5.41) is 3.44. The molecule has 1 aliphatic heterocycles. The molecule has 0 aromatic carbocycles. The van der Waals surface area contributed by atoms with Crippen LogP contribution in [0.15, 0.2) is 0 Å². The highest BCUT2D eigenvalue weighted by Crippen LogP contribution is 2.17. The Balaban J connectivity index is 2.33. The van der Waals surface area contributed by atoms with E-state index in [9.17, 15) is 13.2 Å². The Hall–Kier alpha value is -0.330. The second-order valence-corrected chi connectivity index (χ2v) is 5.60. The first-order valence-electron chi connectivity index (χ1n) is 7.06. The number of rotatable bonds is 6. The lowest BCUT2D eigenvalue weighted by molar-refractivity contribution is -0.149. The van der Waals surface area contributed by atoms with Crippen LogP contribution in [-0.4, -0.2) is 67.8 Å². The van der Waals surface area contributed by atoms with Crippen LogP contribution in [0.4, 0.5) is 13.2 Å². The third-order valence-corrected chi connectivity index (χ3v) is 3.59. The van der Waals surface area contributed by atoms with Crippen LogP contribution >= 0.6 is 0 Å². The molecule has 1 heterocycles. The molecule has 1 unspecified atom stereocenters. The van der Waals surface area contributed by atoms with E-state index in [1.54, 1.807) is 0 Å². The summed E-state index contributed by atoms with van der Waals surface area (Å²) in [5.41, 5.74) is 0. The number of piperazine rings is 1. The van der Waals surface area contributed by atoms with Crippen molar-refractivity contribution in [2.75, 3.05) is 45.8 Å². The van der Waals surface area contributed by atoms with E-state index in [4.69, 9.17) is 0 Å². The summed E-state index contributed by atoms with van der Waals surface area (Å²) in [6, 6.07) is 0.416. The Bertz CT molecular complexity index is 248. The van der Waals surface area contributed by atoms with Gasteiger partial charge in [0.05, 0.1) is 6.54 Å². The summed E-state index contributed by atoms with van der Waals surface area (Å²) < 4.78 is 36.9. The molecule has 0 aliphatic carbocycles. The summed E-state index contributed by atoms with van der Waals surface area (Å²) in [6.45, 7) is 9.98. The van der Waals surface area contributed by atoms with E-state index >= 15 is 0 Å². The van der Waals surface area contributed by atoms with Crippen molar-refractivity contribution in [3.05, 3.63) is 0 Å². The van der Waals surface area contributed by atoms with Gasteiger partial charge in [-0.3, -0.25) is 9.80 Å². The first kappa shape index (κ1) is 16.7. The number of halogens is 3. The smallest absolute Gasteiger partial charge is 0.313 e. The molecule has 1 fully saturated rings. The molecule has 19 heavy (non-hydrogen) atoms. The van der Waals surface area contributed by atoms with E-state index in [0.29, 0.717) is 25.0 Å². The Morgan fingerprint density at radius 1 is 1.05 bits per heavy atom. The molecular formula is C13H26F3N3. The van der Waals surface area contributed by atoms with Gasteiger partial charge < -0.3 is 5.32 Å². The van der Waals surface area contributed by atoms with Crippen molar-refractivity contribution in [2.24, 2.45) is 5.92 Å². The first-order chi connectivity index (χ1) is 8.81. The average Bonchev–Trinajstić information content (AvgIpc) is 2.29. The zero-order valence-corrected chi connectivity index (χ0v) is 12.1. The lowest BCUT2D eigenvalue weighted by Crippen LogP contribution is -2.53. The highest BCUT2D eigenvalue weighted by atomic mass is 19.4. The van der Waals surface area contributed by atoms with Crippen LogP contribution in [0, 0.1) is 5.92 Å². The summed E-state index contributed by atoms with van der Waals surface area (Å²) in [6.07, 6.45) is -4.08. The topological polar surface area (TPSA) is 18.5 Å². The van der Waals surface area contributed by atoms with Gasteiger partial charge in [-0.05, 0) is 12.5 Å². The van der Waals surface area contributed by atoms with E-state index in [1.807, 2.05) is 0 Å². The number of nitrogens with one attached hydrogen (secondary N) is 1. The van der Waals surface area contributed by atoms with Crippen LogP contribution in [0.25, 0.3) is 0 Å². The van der Waals surface area contributed by atoms with Gasteiger partial charge >= 0.3 is 6.18 Å². The van der Waals surface area contributed by atoms with Gasteiger partial charge in [-0.1, -0.05) is 20.8 Å². The molecule has 1 saturated heterocycles. The zero-order valence-electron chi connectivity index (χ0n) is 12.1. The quantitative estimate of drug-likeness (QED) is 0.801. The Labute approximate surface area is 114 Å². The fourth-order valence-corrected chi connectivity index (χ4v) is 2.43. The van der Waals surface area contributed by atoms with Gasteiger partial charge in [0.15, 0.2) is 0 Å². The predicted molar refractivity (Wildman–Crippen MR) is 71.2 cm³/mol. The lowest BCUT2D eigenvalue weighted by Gasteiger charge is -2.37. The largest absolute Gasteiger partial charge is 0.401 e. The number of nitrogens with zero attached hydrogens (tertiary/aromatic N) is 2. The maximum absolute atomic E-state index is 12.3. The van der Waals surface area contributed by atoms with Crippen LogP contribution in [0.2, 0.25) is 0 Å². The van der Waals surface area contributed by atoms with Gasteiger partial charge in [0.1, 0.15) is 0 Å². The SMILES string of the molecule is CCNC(CN1CCN(CC(F)(F)F)CC1)C(C)C. The molecule has 6 heteroatoms. The monoisotopic (exact) mass is 281 g/mol. The highest BCUT2D eigenvalue weighted by molar-refractivity contribution is 4.79. The van der Waals surface area contributed by atoms with Crippen LogP contribution in [-0.2, 0) is 0 Å². The minimum Gasteiger partial charge on any atom is -0.313 e. The number of likely N-dealkylation sites (N-methyl/N-ethyl adjacent to an activating group) is 1. The van der Waals surface area contributed by atoms with E-state index in [2.05, 4.69) is 31.0 Å². The van der Waals surface area contributed by atoms with Gasteiger partial charge in [-0.25, -0.2) is 0 Å². The Kier molecular flexibility index (Phi) is 6.56. The van der Waals surface area contributed by atoms with Gasteiger partial charge in [-0.15, -0.1) is 0 Å². The van der Waals surface area contributed by atoms with Gasteiger partial charge in [0.2, 0.25) is 0 Å². The van der Waals surface area contributed by atoms with E-state index in [0.717, 1.165) is 26.2 Å². The van der Waals surface area contributed by atoms with Gasteiger partial charge in [0.25, 0.3) is 0 Å². The van der Waals surface area contributed by atoms with Crippen molar-refractivity contribution in [1.29, 1.82) is 0 Å². The van der Waals surface area contributed by atoms with Crippen molar-refractivity contribution in [3.8, 4) is 0 Å². The molecule has 0 spiro atoms.